The van der Waals surface area contributed by atoms with E-state index in [1.807, 2.05) is 0 Å². The fourth-order valence-electron chi connectivity index (χ4n) is 4.64. The first-order valence-corrected chi connectivity index (χ1v) is 12.0. The molecule has 1 aromatic rings. The van der Waals surface area contributed by atoms with Gasteiger partial charge in [-0.2, -0.15) is 0 Å². The maximum Gasteiger partial charge on any atom is 0.305 e. The van der Waals surface area contributed by atoms with Crippen molar-refractivity contribution in [1.82, 2.24) is 0 Å². The second kappa shape index (κ2) is 13.3. The van der Waals surface area contributed by atoms with Crippen LogP contribution in [0.5, 0.6) is 0 Å². The number of aliphatic hydroxyl groups excluding tert-OH is 1. The molecule has 1 fully saturated rings. The zero-order chi connectivity index (χ0) is 21.1. The summed E-state index contributed by atoms with van der Waals surface area (Å²) in [6.07, 6.45) is 12.1. The topological polar surface area (TPSA) is 46.5 Å². The van der Waals surface area contributed by atoms with E-state index in [1.165, 1.54) is 31.9 Å². The molecule has 4 heteroatoms. The van der Waals surface area contributed by atoms with Gasteiger partial charge in [0.25, 0.3) is 0 Å². The number of alkyl halides is 1. The molecule has 1 N–H and O–H groups in total. The van der Waals surface area contributed by atoms with E-state index in [0.717, 1.165) is 56.9 Å². The van der Waals surface area contributed by atoms with Crippen LogP contribution in [-0.2, 0) is 9.53 Å². The number of methoxy groups -OCH3 is 1. The lowest BCUT2D eigenvalue weighted by Gasteiger charge is -2.23. The maximum atomic E-state index is 11.2. The lowest BCUT2D eigenvalue weighted by atomic mass is 9.84. The number of esters is 1. The highest BCUT2D eigenvalue weighted by molar-refractivity contribution is 6.21. The van der Waals surface area contributed by atoms with Crippen LogP contribution in [0.2, 0.25) is 0 Å². The summed E-state index contributed by atoms with van der Waals surface area (Å²) in [4.78, 5) is 11.2. The van der Waals surface area contributed by atoms with Crippen molar-refractivity contribution >= 4 is 17.6 Å². The Labute approximate surface area is 182 Å². The smallest absolute Gasteiger partial charge is 0.305 e. The van der Waals surface area contributed by atoms with Gasteiger partial charge in [-0.05, 0) is 55.1 Å². The quantitative estimate of drug-likeness (QED) is 0.213. The SMILES string of the molecule is CCCCCC(O)c1ccc(C2CCC(Cl)C2CCCCCCC(=O)OC)cc1. The van der Waals surface area contributed by atoms with Crippen LogP contribution in [0.4, 0.5) is 0 Å². The van der Waals surface area contributed by atoms with Gasteiger partial charge in [-0.1, -0.05) is 69.7 Å². The Morgan fingerprint density at radius 1 is 1.10 bits per heavy atom. The summed E-state index contributed by atoms with van der Waals surface area (Å²) in [6, 6.07) is 8.64. The largest absolute Gasteiger partial charge is 0.469 e. The molecular formula is C25H39ClO3. The van der Waals surface area contributed by atoms with E-state index in [2.05, 4.69) is 31.2 Å². The predicted molar refractivity (Wildman–Crippen MR) is 120 cm³/mol. The molecule has 0 radical (unpaired) electrons. The fourth-order valence-corrected chi connectivity index (χ4v) is 5.07. The molecule has 3 nitrogen and oxygen atoms in total. The van der Waals surface area contributed by atoms with Crippen molar-refractivity contribution < 1.29 is 14.6 Å². The molecule has 0 saturated heterocycles. The summed E-state index contributed by atoms with van der Waals surface area (Å²) >= 11 is 6.67. The van der Waals surface area contributed by atoms with E-state index in [9.17, 15) is 9.90 Å². The minimum Gasteiger partial charge on any atom is -0.469 e. The van der Waals surface area contributed by atoms with Crippen LogP contribution in [0.1, 0.15) is 107 Å². The number of carbonyl (C=O) groups is 1. The molecule has 1 aromatic carbocycles. The van der Waals surface area contributed by atoms with Crippen molar-refractivity contribution in [2.75, 3.05) is 7.11 Å². The van der Waals surface area contributed by atoms with Gasteiger partial charge in [0.2, 0.25) is 0 Å². The summed E-state index contributed by atoms with van der Waals surface area (Å²) in [7, 11) is 1.45. The average molecular weight is 423 g/mol. The highest BCUT2D eigenvalue weighted by Crippen LogP contribution is 2.45. The molecule has 4 unspecified atom stereocenters. The van der Waals surface area contributed by atoms with Gasteiger partial charge >= 0.3 is 5.97 Å². The number of benzene rings is 1. The number of aliphatic hydroxyl groups is 1. The third-order valence-electron chi connectivity index (χ3n) is 6.46. The molecule has 1 aliphatic rings. The van der Waals surface area contributed by atoms with Gasteiger partial charge in [-0.3, -0.25) is 4.79 Å². The molecule has 0 heterocycles. The summed E-state index contributed by atoms with van der Waals surface area (Å²) in [5.41, 5.74) is 2.40. The molecule has 29 heavy (non-hydrogen) atoms. The van der Waals surface area contributed by atoms with Gasteiger partial charge in [0.05, 0.1) is 13.2 Å². The van der Waals surface area contributed by atoms with Crippen molar-refractivity contribution in [2.45, 2.75) is 101 Å². The van der Waals surface area contributed by atoms with Crippen molar-refractivity contribution in [2.24, 2.45) is 5.92 Å². The first-order chi connectivity index (χ1) is 14.1. The zero-order valence-corrected chi connectivity index (χ0v) is 19.0. The predicted octanol–water partition coefficient (Wildman–Crippen LogP) is 6.91. The number of halogens is 1. The lowest BCUT2D eigenvalue weighted by molar-refractivity contribution is -0.140. The molecule has 2 rings (SSSR count). The first-order valence-electron chi connectivity index (χ1n) is 11.6. The monoisotopic (exact) mass is 422 g/mol. The van der Waals surface area contributed by atoms with Crippen LogP contribution in [-0.4, -0.2) is 23.6 Å². The Kier molecular flexibility index (Phi) is 11.1. The summed E-state index contributed by atoms with van der Waals surface area (Å²) in [5, 5.41) is 10.6. The Morgan fingerprint density at radius 3 is 2.52 bits per heavy atom. The van der Waals surface area contributed by atoms with E-state index >= 15 is 0 Å². The van der Waals surface area contributed by atoms with Crippen LogP contribution >= 0.6 is 11.6 Å². The third kappa shape index (κ3) is 7.94. The highest BCUT2D eigenvalue weighted by Gasteiger charge is 2.35. The number of unbranched alkanes of at least 4 members (excludes halogenated alkanes) is 5. The lowest BCUT2D eigenvalue weighted by Crippen LogP contribution is -2.14. The van der Waals surface area contributed by atoms with E-state index in [-0.39, 0.29) is 17.5 Å². The molecule has 4 atom stereocenters. The minimum absolute atomic E-state index is 0.111. The zero-order valence-electron chi connectivity index (χ0n) is 18.2. The third-order valence-corrected chi connectivity index (χ3v) is 7.00. The Hall–Kier alpha value is -1.06. The molecule has 164 valence electrons. The first kappa shape index (κ1) is 24.2. The van der Waals surface area contributed by atoms with Crippen LogP contribution in [0.3, 0.4) is 0 Å². The normalized spacial score (nSPS) is 22.6. The van der Waals surface area contributed by atoms with Gasteiger partial charge in [-0.15, -0.1) is 11.6 Å². The number of hydrogen-bond donors (Lipinski definition) is 1. The van der Waals surface area contributed by atoms with E-state index < -0.39 is 0 Å². The molecule has 0 bridgehead atoms. The molecule has 0 aromatic heterocycles. The molecule has 1 aliphatic carbocycles. The number of hydrogen-bond acceptors (Lipinski definition) is 3. The van der Waals surface area contributed by atoms with Crippen molar-refractivity contribution in [3.8, 4) is 0 Å². The Morgan fingerprint density at radius 2 is 1.83 bits per heavy atom. The van der Waals surface area contributed by atoms with Crippen molar-refractivity contribution in [3.63, 3.8) is 0 Å². The molecule has 0 aliphatic heterocycles. The van der Waals surface area contributed by atoms with Crippen LogP contribution < -0.4 is 0 Å². The Balaban J connectivity index is 1.81. The van der Waals surface area contributed by atoms with Gasteiger partial charge < -0.3 is 9.84 Å². The van der Waals surface area contributed by atoms with Crippen LogP contribution in [0, 0.1) is 5.92 Å². The average Bonchev–Trinajstić information content (AvgIpc) is 3.10. The summed E-state index contributed by atoms with van der Waals surface area (Å²) in [6.45, 7) is 2.19. The van der Waals surface area contributed by atoms with Crippen LogP contribution in [0.15, 0.2) is 24.3 Å². The fraction of sp³-hybridized carbons (Fsp3) is 0.720. The summed E-state index contributed by atoms with van der Waals surface area (Å²) < 4.78 is 4.69. The molecule has 1 saturated carbocycles. The number of rotatable bonds is 13. The van der Waals surface area contributed by atoms with E-state index in [1.54, 1.807) is 0 Å². The van der Waals surface area contributed by atoms with E-state index in [0.29, 0.717) is 18.3 Å². The Bertz CT molecular complexity index is 586. The second-order valence-corrected chi connectivity index (χ2v) is 9.13. The van der Waals surface area contributed by atoms with Crippen molar-refractivity contribution in [3.05, 3.63) is 35.4 Å². The van der Waals surface area contributed by atoms with Gasteiger partial charge in [0.15, 0.2) is 0 Å². The number of ether oxygens (including phenoxy) is 1. The number of carbonyl (C=O) groups excluding carboxylic acids is 1. The van der Waals surface area contributed by atoms with Gasteiger partial charge in [0.1, 0.15) is 0 Å². The van der Waals surface area contributed by atoms with Gasteiger partial charge in [0, 0.05) is 11.8 Å². The van der Waals surface area contributed by atoms with E-state index in [4.69, 9.17) is 16.3 Å². The molecule has 0 amide bonds. The standard InChI is InChI=1S/C25H39ClO3/c1-3-4-7-11-24(27)20-15-13-19(14-16-20)21-17-18-23(26)22(21)10-8-5-6-9-12-25(28)29-2/h13-16,21-24,27H,3-12,17-18H2,1-2H3. The second-order valence-electron chi connectivity index (χ2n) is 8.57. The maximum absolute atomic E-state index is 11.2. The minimum atomic E-state index is -0.347. The van der Waals surface area contributed by atoms with Crippen molar-refractivity contribution in [1.29, 1.82) is 0 Å². The molecule has 0 spiro atoms. The summed E-state index contributed by atoms with van der Waals surface area (Å²) in [5.74, 6) is 0.942. The highest BCUT2D eigenvalue weighted by atomic mass is 35.5. The van der Waals surface area contributed by atoms with Gasteiger partial charge in [-0.25, -0.2) is 0 Å². The van der Waals surface area contributed by atoms with Crippen LogP contribution in [0.25, 0.3) is 0 Å². The molecular weight excluding hydrogens is 384 g/mol.